The molecule has 254 valence electrons. The normalized spacial score (nSPS) is 17.7. The van der Waals surface area contributed by atoms with Crippen LogP contribution >= 0.6 is 0 Å². The van der Waals surface area contributed by atoms with Crippen LogP contribution in [0.5, 0.6) is 5.75 Å². The molecule has 2 fully saturated rings. The van der Waals surface area contributed by atoms with Crippen molar-refractivity contribution in [3.63, 3.8) is 0 Å². The van der Waals surface area contributed by atoms with Gasteiger partial charge in [0.25, 0.3) is 0 Å². The summed E-state index contributed by atoms with van der Waals surface area (Å²) in [5.74, 6) is -0.668. The van der Waals surface area contributed by atoms with Crippen molar-refractivity contribution in [3.8, 4) is 5.75 Å². The van der Waals surface area contributed by atoms with Gasteiger partial charge in [-0.05, 0) is 60.1 Å². The fourth-order valence-electron chi connectivity index (χ4n) is 6.62. The molecule has 3 heterocycles. The first kappa shape index (κ1) is 32.7. The van der Waals surface area contributed by atoms with Gasteiger partial charge < -0.3 is 28.6 Å². The Labute approximate surface area is 281 Å². The average Bonchev–Trinajstić information content (AvgIpc) is 3.90. The van der Waals surface area contributed by atoms with Gasteiger partial charge in [0.05, 0.1) is 17.8 Å². The van der Waals surface area contributed by atoms with Gasteiger partial charge in [0.2, 0.25) is 12.0 Å². The molecular weight excluding hydrogens is 634 g/mol. The Morgan fingerprint density at radius 2 is 1.86 bits per heavy atom. The summed E-state index contributed by atoms with van der Waals surface area (Å²) in [4.78, 5) is 41.1. The summed E-state index contributed by atoms with van der Waals surface area (Å²) in [7, 11) is -1.22. The highest BCUT2D eigenvalue weighted by Gasteiger charge is 2.38. The predicted molar refractivity (Wildman–Crippen MR) is 180 cm³/mol. The van der Waals surface area contributed by atoms with Crippen molar-refractivity contribution in [1.82, 2.24) is 9.47 Å². The van der Waals surface area contributed by atoms with Gasteiger partial charge in [-0.25, -0.2) is 9.18 Å². The number of nitro groups is 1. The van der Waals surface area contributed by atoms with Gasteiger partial charge in [0, 0.05) is 55.3 Å². The van der Waals surface area contributed by atoms with E-state index in [2.05, 4.69) is 4.90 Å². The minimum atomic E-state index is -1.22. The number of carbonyl (C=O) groups excluding carboxylic acids is 1. The van der Waals surface area contributed by atoms with Crippen LogP contribution in [0.15, 0.2) is 71.7 Å². The molecule has 2 aliphatic heterocycles. The van der Waals surface area contributed by atoms with Gasteiger partial charge in [-0.3, -0.25) is 19.8 Å². The van der Waals surface area contributed by atoms with Crippen LogP contribution in [-0.4, -0.2) is 78.4 Å². The Morgan fingerprint density at radius 3 is 2.59 bits per heavy atom. The molecule has 3 aromatic carbocycles. The molecule has 4 aromatic rings. The van der Waals surface area contributed by atoms with Crippen LogP contribution in [0, 0.1) is 15.9 Å². The predicted octanol–water partition coefficient (Wildman–Crippen LogP) is 3.46. The number of aromatic nitrogens is 1. The molecule has 12 nitrogen and oxygen atoms in total. The molecule has 0 spiro atoms. The molecule has 1 unspecified atom stereocenters. The Morgan fingerprint density at radius 1 is 1.08 bits per heavy atom. The highest BCUT2D eigenvalue weighted by Crippen LogP contribution is 2.38. The zero-order valence-corrected chi connectivity index (χ0v) is 26.8. The number of pyridine rings is 1. The van der Waals surface area contributed by atoms with Gasteiger partial charge in [0.1, 0.15) is 29.8 Å². The van der Waals surface area contributed by atoms with E-state index in [-0.39, 0.29) is 23.6 Å². The van der Waals surface area contributed by atoms with Crippen LogP contribution in [0.1, 0.15) is 52.9 Å². The lowest BCUT2D eigenvalue weighted by molar-refractivity contribution is -0.490. The lowest BCUT2D eigenvalue weighted by Crippen LogP contribution is -2.47. The third kappa shape index (κ3) is 7.17. The quantitative estimate of drug-likeness (QED) is 0.0785. The molecule has 1 atom stereocenters. The fourth-order valence-corrected chi connectivity index (χ4v) is 6.62. The fraction of sp³-hybridized carbons (Fsp3) is 0.371. The molecule has 0 amide bonds. The highest BCUT2D eigenvalue weighted by atomic mass is 19.1. The molecular formula is C35H36BFN4O8. The monoisotopic (exact) mass is 670 g/mol. The highest BCUT2D eigenvalue weighted by molar-refractivity contribution is 6.61. The Bertz CT molecular complexity index is 1930. The number of halogens is 1. The second-order valence-electron chi connectivity index (χ2n) is 12.7. The van der Waals surface area contributed by atoms with Crippen LogP contribution in [0.3, 0.4) is 0 Å². The van der Waals surface area contributed by atoms with E-state index in [0.29, 0.717) is 47.7 Å². The van der Waals surface area contributed by atoms with Crippen molar-refractivity contribution in [2.45, 2.75) is 38.0 Å². The third-order valence-corrected chi connectivity index (χ3v) is 9.35. The minimum absolute atomic E-state index is 0.0398. The number of piperazine rings is 1. The van der Waals surface area contributed by atoms with Crippen LogP contribution in [0.2, 0.25) is 0 Å². The molecule has 14 heteroatoms. The average molecular weight is 671 g/mol. The first-order valence-electron chi connectivity index (χ1n) is 16.5. The summed E-state index contributed by atoms with van der Waals surface area (Å²) in [6.07, 6.45) is 3.36. The molecule has 0 bridgehead atoms. The van der Waals surface area contributed by atoms with Crippen molar-refractivity contribution in [3.05, 3.63) is 110 Å². The van der Waals surface area contributed by atoms with E-state index in [1.165, 1.54) is 6.07 Å². The van der Waals surface area contributed by atoms with E-state index < -0.39 is 41.9 Å². The number of carbonyl (C=O) groups is 1. The number of ether oxygens (including phenoxy) is 2. The van der Waals surface area contributed by atoms with Gasteiger partial charge in [0.15, 0.2) is 0 Å². The van der Waals surface area contributed by atoms with E-state index >= 15 is 4.39 Å². The SMILES string of the molecule is O=C(OCc1ccccc1)c1cn(C2CC2)c2cc(N3CCN(CCCOc4ccc5c(c4)B(O)OC5C[N+](=O)[O-])CC3)c(F)cc2c1=O. The largest absolute Gasteiger partial charge is 0.494 e. The van der Waals surface area contributed by atoms with Crippen LogP contribution in [-0.2, 0) is 16.0 Å². The van der Waals surface area contributed by atoms with E-state index in [9.17, 15) is 24.7 Å². The topological polar surface area (TPSA) is 137 Å². The third-order valence-electron chi connectivity index (χ3n) is 9.35. The maximum absolute atomic E-state index is 15.6. The van der Waals surface area contributed by atoms with Gasteiger partial charge in [-0.15, -0.1) is 0 Å². The van der Waals surface area contributed by atoms with Gasteiger partial charge >= 0.3 is 13.1 Å². The molecule has 1 aromatic heterocycles. The zero-order valence-electron chi connectivity index (χ0n) is 26.8. The van der Waals surface area contributed by atoms with Crippen molar-refractivity contribution < 1.29 is 33.3 Å². The number of benzene rings is 3. The zero-order chi connectivity index (χ0) is 34.1. The Hall–Kier alpha value is -4.79. The van der Waals surface area contributed by atoms with E-state index in [0.717, 1.165) is 44.5 Å². The number of anilines is 1. The molecule has 7 rings (SSSR count). The number of esters is 1. The second-order valence-corrected chi connectivity index (χ2v) is 12.7. The minimum Gasteiger partial charge on any atom is -0.494 e. The Kier molecular flexibility index (Phi) is 9.34. The van der Waals surface area contributed by atoms with Gasteiger partial charge in [-0.1, -0.05) is 36.4 Å². The summed E-state index contributed by atoms with van der Waals surface area (Å²) in [5, 5.41) is 21.2. The molecule has 1 N–H and O–H groups in total. The molecule has 1 saturated carbocycles. The van der Waals surface area contributed by atoms with Crippen LogP contribution in [0.4, 0.5) is 10.1 Å². The maximum Gasteiger partial charge on any atom is 0.492 e. The number of nitrogens with zero attached hydrogens (tertiary/aromatic N) is 4. The van der Waals surface area contributed by atoms with Crippen LogP contribution in [0.25, 0.3) is 10.9 Å². The number of rotatable bonds is 12. The molecule has 49 heavy (non-hydrogen) atoms. The number of hydrogen-bond acceptors (Lipinski definition) is 10. The molecule has 0 radical (unpaired) electrons. The van der Waals surface area contributed by atoms with Gasteiger partial charge in [-0.2, -0.15) is 0 Å². The van der Waals surface area contributed by atoms with E-state index in [1.54, 1.807) is 30.5 Å². The lowest BCUT2D eigenvalue weighted by atomic mass is 9.79. The summed E-state index contributed by atoms with van der Waals surface area (Å²) in [5.41, 5.74) is 2.31. The Balaban J connectivity index is 0.957. The van der Waals surface area contributed by atoms with E-state index in [1.807, 2.05) is 39.8 Å². The van der Waals surface area contributed by atoms with Crippen molar-refractivity contribution in [2.75, 3.05) is 50.8 Å². The van der Waals surface area contributed by atoms with Crippen molar-refractivity contribution >= 4 is 35.1 Å². The van der Waals surface area contributed by atoms with Crippen molar-refractivity contribution in [1.29, 1.82) is 0 Å². The van der Waals surface area contributed by atoms with Crippen LogP contribution < -0.4 is 20.5 Å². The smallest absolute Gasteiger partial charge is 0.492 e. The molecule has 1 aliphatic carbocycles. The maximum atomic E-state index is 15.6. The lowest BCUT2D eigenvalue weighted by Gasteiger charge is -2.36. The van der Waals surface area contributed by atoms with E-state index in [4.69, 9.17) is 14.1 Å². The first-order chi connectivity index (χ1) is 23.7. The first-order valence-corrected chi connectivity index (χ1v) is 16.5. The summed E-state index contributed by atoms with van der Waals surface area (Å²) < 4.78 is 34.2. The number of fused-ring (bicyclic) bond motifs is 2. The summed E-state index contributed by atoms with van der Waals surface area (Å²) in [6.45, 7) is 3.50. The van der Waals surface area contributed by atoms with Crippen molar-refractivity contribution in [2.24, 2.45) is 0 Å². The standard InChI is InChI=1S/C35H36BFN4O8/c37-30-18-27-31(40(24-7-8-24)20-28(34(27)42)35(43)48-22-23-5-2-1-3-6-23)19-32(30)39-14-12-38(13-15-39)11-4-16-47-25-9-10-26-29(17-25)36(44)49-33(26)21-41(45)46/h1-3,5-6,9-10,17-20,24,33,44H,4,7-8,11-16,21-22H2. The molecule has 1 saturated heterocycles. The second kappa shape index (κ2) is 14.0. The summed E-state index contributed by atoms with van der Waals surface area (Å²) >= 11 is 0. The molecule has 3 aliphatic rings. The summed E-state index contributed by atoms with van der Waals surface area (Å²) in [6, 6.07) is 17.5. The number of hydrogen-bond donors (Lipinski definition) is 1.